The second kappa shape index (κ2) is 6.93. The number of carbonyl (C=O) groups excluding carboxylic acids is 1. The van der Waals surface area contributed by atoms with Crippen molar-refractivity contribution in [1.82, 2.24) is 4.90 Å². The van der Waals surface area contributed by atoms with Crippen molar-refractivity contribution < 1.29 is 9.90 Å². The molecule has 0 saturated carbocycles. The van der Waals surface area contributed by atoms with E-state index in [0.29, 0.717) is 24.6 Å². The molecule has 0 atom stereocenters. The minimum Gasteiger partial charge on any atom is -0.508 e. The summed E-state index contributed by atoms with van der Waals surface area (Å²) in [6, 6.07) is 16.3. The quantitative estimate of drug-likeness (QED) is 0.909. The van der Waals surface area contributed by atoms with Crippen molar-refractivity contribution in [2.75, 3.05) is 6.54 Å². The zero-order valence-corrected chi connectivity index (χ0v) is 12.5. The lowest BCUT2D eigenvalue weighted by Crippen LogP contribution is -2.33. The van der Waals surface area contributed by atoms with Crippen LogP contribution in [-0.2, 0) is 6.54 Å². The second-order valence-corrected chi connectivity index (χ2v) is 5.61. The Labute approximate surface area is 125 Å². The van der Waals surface area contributed by atoms with E-state index < -0.39 is 0 Å². The Morgan fingerprint density at radius 2 is 1.67 bits per heavy atom. The van der Waals surface area contributed by atoms with Crippen LogP contribution in [-0.4, -0.2) is 22.5 Å². The Kier molecular flexibility index (Phi) is 4.99. The van der Waals surface area contributed by atoms with Crippen LogP contribution in [0.3, 0.4) is 0 Å². The van der Waals surface area contributed by atoms with Crippen molar-refractivity contribution in [3.05, 3.63) is 65.7 Å². The third-order valence-corrected chi connectivity index (χ3v) is 3.20. The number of amides is 1. The van der Waals surface area contributed by atoms with Gasteiger partial charge in [-0.2, -0.15) is 0 Å². The standard InChI is InChI=1S/C18H21NO2/c1-14(2)12-19(13-15-8-10-17(20)11-9-15)18(21)16-6-4-3-5-7-16/h3-11,14,20H,12-13H2,1-2H3. The summed E-state index contributed by atoms with van der Waals surface area (Å²) in [5.41, 5.74) is 1.72. The van der Waals surface area contributed by atoms with Crippen molar-refractivity contribution in [3.8, 4) is 5.75 Å². The van der Waals surface area contributed by atoms with Crippen LogP contribution in [0.15, 0.2) is 54.6 Å². The Morgan fingerprint density at radius 3 is 2.24 bits per heavy atom. The normalized spacial score (nSPS) is 10.6. The fourth-order valence-electron chi connectivity index (χ4n) is 2.25. The second-order valence-electron chi connectivity index (χ2n) is 5.61. The molecule has 0 saturated heterocycles. The minimum absolute atomic E-state index is 0.0392. The molecule has 0 heterocycles. The summed E-state index contributed by atoms with van der Waals surface area (Å²) in [7, 11) is 0. The molecule has 1 amide bonds. The van der Waals surface area contributed by atoms with Crippen molar-refractivity contribution in [1.29, 1.82) is 0 Å². The predicted octanol–water partition coefficient (Wildman–Crippen LogP) is 3.69. The zero-order chi connectivity index (χ0) is 15.2. The highest BCUT2D eigenvalue weighted by Crippen LogP contribution is 2.15. The monoisotopic (exact) mass is 283 g/mol. The topological polar surface area (TPSA) is 40.5 Å². The molecule has 0 aliphatic heterocycles. The number of hydrogen-bond acceptors (Lipinski definition) is 2. The third-order valence-electron chi connectivity index (χ3n) is 3.20. The van der Waals surface area contributed by atoms with Crippen LogP contribution in [0.1, 0.15) is 29.8 Å². The Balaban J connectivity index is 2.18. The average molecular weight is 283 g/mol. The Bertz CT molecular complexity index is 576. The molecule has 0 aromatic heterocycles. The van der Waals surface area contributed by atoms with Crippen LogP contribution in [0.4, 0.5) is 0 Å². The Morgan fingerprint density at radius 1 is 1.05 bits per heavy atom. The van der Waals surface area contributed by atoms with Gasteiger partial charge in [0, 0.05) is 18.7 Å². The maximum Gasteiger partial charge on any atom is 0.254 e. The number of rotatable bonds is 5. The number of hydrogen-bond donors (Lipinski definition) is 1. The smallest absolute Gasteiger partial charge is 0.254 e. The molecule has 0 aliphatic carbocycles. The van der Waals surface area contributed by atoms with E-state index in [9.17, 15) is 9.90 Å². The van der Waals surface area contributed by atoms with Crippen LogP contribution < -0.4 is 0 Å². The van der Waals surface area contributed by atoms with Gasteiger partial charge >= 0.3 is 0 Å². The van der Waals surface area contributed by atoms with Gasteiger partial charge in [-0.25, -0.2) is 0 Å². The molecule has 0 aliphatic rings. The molecule has 110 valence electrons. The molecule has 3 heteroatoms. The average Bonchev–Trinajstić information content (AvgIpc) is 2.48. The van der Waals surface area contributed by atoms with Gasteiger partial charge in [0.2, 0.25) is 0 Å². The van der Waals surface area contributed by atoms with Crippen molar-refractivity contribution in [2.45, 2.75) is 20.4 Å². The summed E-state index contributed by atoms with van der Waals surface area (Å²) in [6.45, 7) is 5.45. The van der Waals surface area contributed by atoms with Crippen LogP contribution in [0, 0.1) is 5.92 Å². The van der Waals surface area contributed by atoms with Gasteiger partial charge in [0.25, 0.3) is 5.91 Å². The first kappa shape index (κ1) is 15.1. The molecule has 1 N–H and O–H groups in total. The summed E-state index contributed by atoms with van der Waals surface area (Å²) >= 11 is 0. The summed E-state index contributed by atoms with van der Waals surface area (Å²) in [5, 5.41) is 9.34. The molecule has 0 spiro atoms. The fraction of sp³-hybridized carbons (Fsp3) is 0.278. The maximum absolute atomic E-state index is 12.6. The highest BCUT2D eigenvalue weighted by molar-refractivity contribution is 5.94. The lowest BCUT2D eigenvalue weighted by molar-refractivity contribution is 0.0722. The van der Waals surface area contributed by atoms with Crippen molar-refractivity contribution in [2.24, 2.45) is 5.92 Å². The molecule has 21 heavy (non-hydrogen) atoms. The highest BCUT2D eigenvalue weighted by atomic mass is 16.3. The first-order valence-corrected chi connectivity index (χ1v) is 7.18. The number of aromatic hydroxyl groups is 1. The van der Waals surface area contributed by atoms with E-state index in [1.54, 1.807) is 12.1 Å². The van der Waals surface area contributed by atoms with Crippen LogP contribution in [0.2, 0.25) is 0 Å². The molecule has 0 fully saturated rings. The van der Waals surface area contributed by atoms with Crippen molar-refractivity contribution >= 4 is 5.91 Å². The number of carbonyl (C=O) groups is 1. The summed E-state index contributed by atoms with van der Waals surface area (Å²) in [4.78, 5) is 14.5. The number of phenols is 1. The minimum atomic E-state index is 0.0392. The summed E-state index contributed by atoms with van der Waals surface area (Å²) in [5.74, 6) is 0.677. The summed E-state index contributed by atoms with van der Waals surface area (Å²) in [6.07, 6.45) is 0. The van der Waals surface area contributed by atoms with Crippen LogP contribution in [0.25, 0.3) is 0 Å². The van der Waals surface area contributed by atoms with E-state index in [-0.39, 0.29) is 11.7 Å². The third kappa shape index (κ3) is 4.35. The number of phenolic OH excluding ortho intramolecular Hbond substituents is 1. The van der Waals surface area contributed by atoms with Crippen LogP contribution in [0.5, 0.6) is 5.75 Å². The first-order chi connectivity index (χ1) is 10.1. The van der Waals surface area contributed by atoms with Gasteiger partial charge in [-0.1, -0.05) is 44.2 Å². The molecule has 0 bridgehead atoms. The molecule has 3 nitrogen and oxygen atoms in total. The molecular formula is C18H21NO2. The summed E-state index contributed by atoms with van der Waals surface area (Å²) < 4.78 is 0. The highest BCUT2D eigenvalue weighted by Gasteiger charge is 2.17. The van der Waals surface area contributed by atoms with Gasteiger partial charge in [-0.05, 0) is 35.7 Å². The number of benzene rings is 2. The van der Waals surface area contributed by atoms with Gasteiger partial charge < -0.3 is 10.0 Å². The van der Waals surface area contributed by atoms with Gasteiger partial charge in [0.05, 0.1) is 0 Å². The SMILES string of the molecule is CC(C)CN(Cc1ccc(O)cc1)C(=O)c1ccccc1. The van der Waals surface area contributed by atoms with Gasteiger partial charge in [0.1, 0.15) is 5.75 Å². The lowest BCUT2D eigenvalue weighted by Gasteiger charge is -2.25. The van der Waals surface area contributed by atoms with Gasteiger partial charge in [0.15, 0.2) is 0 Å². The van der Waals surface area contributed by atoms with E-state index in [0.717, 1.165) is 5.56 Å². The number of nitrogens with zero attached hydrogens (tertiary/aromatic N) is 1. The molecule has 2 aromatic rings. The first-order valence-electron chi connectivity index (χ1n) is 7.18. The zero-order valence-electron chi connectivity index (χ0n) is 12.5. The molecule has 2 aromatic carbocycles. The Hall–Kier alpha value is -2.29. The van der Waals surface area contributed by atoms with E-state index in [2.05, 4.69) is 13.8 Å². The fourth-order valence-corrected chi connectivity index (χ4v) is 2.25. The predicted molar refractivity (Wildman–Crippen MR) is 84.1 cm³/mol. The molecule has 2 rings (SSSR count). The molecule has 0 radical (unpaired) electrons. The van der Waals surface area contributed by atoms with E-state index in [1.165, 1.54) is 0 Å². The van der Waals surface area contributed by atoms with E-state index in [4.69, 9.17) is 0 Å². The van der Waals surface area contributed by atoms with Crippen LogP contribution >= 0.6 is 0 Å². The molecule has 0 unspecified atom stereocenters. The molecular weight excluding hydrogens is 262 g/mol. The van der Waals surface area contributed by atoms with E-state index >= 15 is 0 Å². The van der Waals surface area contributed by atoms with Crippen molar-refractivity contribution in [3.63, 3.8) is 0 Å². The largest absolute Gasteiger partial charge is 0.508 e. The van der Waals surface area contributed by atoms with E-state index in [1.807, 2.05) is 47.4 Å². The van der Waals surface area contributed by atoms with Gasteiger partial charge in [-0.3, -0.25) is 4.79 Å². The maximum atomic E-state index is 12.6. The van der Waals surface area contributed by atoms with Gasteiger partial charge in [-0.15, -0.1) is 0 Å². The lowest BCUT2D eigenvalue weighted by atomic mass is 10.1.